The molecule has 0 unspecified atom stereocenters. The van der Waals surface area contributed by atoms with Gasteiger partial charge in [-0.25, -0.2) is 8.78 Å². The van der Waals surface area contributed by atoms with E-state index in [1.54, 1.807) is 24.3 Å². The molecule has 0 radical (unpaired) electrons. The Balaban J connectivity index is 1.75. The number of ether oxygens (including phenoxy) is 1. The minimum absolute atomic E-state index is 0.0588. The molecule has 2 aromatic carbocycles. The van der Waals surface area contributed by atoms with Crippen LogP contribution in [0.3, 0.4) is 0 Å². The van der Waals surface area contributed by atoms with E-state index in [0.29, 0.717) is 5.56 Å². The lowest BCUT2D eigenvalue weighted by molar-refractivity contribution is 0.0958. The van der Waals surface area contributed by atoms with Crippen LogP contribution in [0.15, 0.2) is 46.9 Å². The smallest absolute Gasteiger partial charge is 0.252 e. The minimum atomic E-state index is -0.782. The summed E-state index contributed by atoms with van der Waals surface area (Å²) in [5.74, 6) is 3.56. The summed E-state index contributed by atoms with van der Waals surface area (Å²) in [6, 6.07) is 9.95. The lowest BCUT2D eigenvalue weighted by atomic mass is 10.2. The van der Waals surface area contributed by atoms with Gasteiger partial charge in [-0.1, -0.05) is 27.8 Å². The van der Waals surface area contributed by atoms with Gasteiger partial charge in [-0.15, -0.1) is 0 Å². The Kier molecular flexibility index (Phi) is 6.12. The molecule has 2 aromatic rings. The fourth-order valence-corrected chi connectivity index (χ4v) is 1.91. The second kappa shape index (κ2) is 8.30. The van der Waals surface area contributed by atoms with E-state index in [1.807, 2.05) is 0 Å². The Labute approximate surface area is 140 Å². The van der Waals surface area contributed by atoms with Crippen LogP contribution in [0, 0.1) is 23.5 Å². The number of amides is 1. The van der Waals surface area contributed by atoms with E-state index < -0.39 is 11.6 Å². The fraction of sp³-hybridized carbons (Fsp3) is 0.118. The highest BCUT2D eigenvalue weighted by atomic mass is 79.9. The van der Waals surface area contributed by atoms with Crippen LogP contribution in [-0.4, -0.2) is 19.1 Å². The largest absolute Gasteiger partial charge is 0.478 e. The summed E-state index contributed by atoms with van der Waals surface area (Å²) < 4.78 is 31.9. The summed E-state index contributed by atoms with van der Waals surface area (Å²) in [6.07, 6.45) is 0. The molecule has 23 heavy (non-hydrogen) atoms. The summed E-state index contributed by atoms with van der Waals surface area (Å²) in [5.41, 5.74) is 0.527. The molecule has 118 valence electrons. The van der Waals surface area contributed by atoms with Gasteiger partial charge in [-0.3, -0.25) is 4.79 Å². The number of rotatable bonds is 4. The van der Waals surface area contributed by atoms with Crippen LogP contribution in [0.1, 0.15) is 10.4 Å². The first kappa shape index (κ1) is 17.0. The van der Waals surface area contributed by atoms with Gasteiger partial charge in [-0.05, 0) is 36.4 Å². The maximum absolute atomic E-state index is 13.3. The monoisotopic (exact) mass is 379 g/mol. The van der Waals surface area contributed by atoms with Gasteiger partial charge in [0.15, 0.2) is 11.6 Å². The third-order valence-corrected chi connectivity index (χ3v) is 3.29. The standard InChI is InChI=1S/C17H12BrF2NO2/c18-13-5-3-12(4-6-13)17(22)21-9-1-2-10-23-16-8-7-14(19)11-15(16)20/h3-8,11H,9-10H2,(H,21,22). The molecule has 0 saturated heterocycles. The Bertz CT molecular complexity index is 751. The first-order valence-electron chi connectivity index (χ1n) is 6.63. The summed E-state index contributed by atoms with van der Waals surface area (Å²) in [7, 11) is 0. The van der Waals surface area contributed by atoms with Gasteiger partial charge in [0, 0.05) is 16.1 Å². The van der Waals surface area contributed by atoms with E-state index in [-0.39, 0.29) is 24.8 Å². The van der Waals surface area contributed by atoms with Gasteiger partial charge < -0.3 is 10.1 Å². The van der Waals surface area contributed by atoms with Gasteiger partial charge in [0.05, 0.1) is 6.54 Å². The second-order valence-corrected chi connectivity index (χ2v) is 5.32. The van der Waals surface area contributed by atoms with Crippen molar-refractivity contribution in [1.29, 1.82) is 0 Å². The molecule has 0 aromatic heterocycles. The van der Waals surface area contributed by atoms with Crippen molar-refractivity contribution in [2.45, 2.75) is 0 Å². The van der Waals surface area contributed by atoms with Gasteiger partial charge >= 0.3 is 0 Å². The number of hydrogen-bond acceptors (Lipinski definition) is 2. The van der Waals surface area contributed by atoms with Gasteiger partial charge in [0.1, 0.15) is 12.4 Å². The van der Waals surface area contributed by atoms with Gasteiger partial charge in [-0.2, -0.15) is 0 Å². The fourth-order valence-electron chi connectivity index (χ4n) is 1.65. The molecule has 0 aliphatic heterocycles. The molecule has 2 rings (SSSR count). The maximum Gasteiger partial charge on any atom is 0.252 e. The van der Waals surface area contributed by atoms with E-state index in [1.165, 1.54) is 6.07 Å². The van der Waals surface area contributed by atoms with E-state index in [0.717, 1.165) is 16.6 Å². The maximum atomic E-state index is 13.3. The highest BCUT2D eigenvalue weighted by Gasteiger charge is 2.04. The molecule has 1 N–H and O–H groups in total. The third kappa shape index (κ3) is 5.38. The van der Waals surface area contributed by atoms with Crippen LogP contribution in [0.2, 0.25) is 0 Å². The van der Waals surface area contributed by atoms with Crippen LogP contribution >= 0.6 is 15.9 Å². The normalized spacial score (nSPS) is 9.70. The lowest BCUT2D eigenvalue weighted by Gasteiger charge is -2.03. The quantitative estimate of drug-likeness (QED) is 0.825. The van der Waals surface area contributed by atoms with Crippen LogP contribution in [0.4, 0.5) is 8.78 Å². The van der Waals surface area contributed by atoms with Gasteiger partial charge in [0.25, 0.3) is 5.91 Å². The zero-order chi connectivity index (χ0) is 16.7. The topological polar surface area (TPSA) is 38.3 Å². The molecule has 3 nitrogen and oxygen atoms in total. The lowest BCUT2D eigenvalue weighted by Crippen LogP contribution is -2.23. The van der Waals surface area contributed by atoms with E-state index in [9.17, 15) is 13.6 Å². The number of hydrogen-bond donors (Lipinski definition) is 1. The summed E-state index contributed by atoms with van der Waals surface area (Å²) in [5, 5.41) is 2.63. The van der Waals surface area contributed by atoms with Crippen molar-refractivity contribution in [2.75, 3.05) is 13.2 Å². The van der Waals surface area contributed by atoms with Gasteiger partial charge in [0.2, 0.25) is 0 Å². The molecule has 0 aliphatic carbocycles. The van der Waals surface area contributed by atoms with Crippen LogP contribution in [-0.2, 0) is 0 Å². The van der Waals surface area contributed by atoms with Crippen molar-refractivity contribution in [2.24, 2.45) is 0 Å². The highest BCUT2D eigenvalue weighted by molar-refractivity contribution is 9.10. The average molecular weight is 380 g/mol. The summed E-state index contributed by atoms with van der Waals surface area (Å²) in [4.78, 5) is 11.8. The second-order valence-electron chi connectivity index (χ2n) is 4.41. The van der Waals surface area contributed by atoms with Crippen LogP contribution < -0.4 is 10.1 Å². The van der Waals surface area contributed by atoms with Crippen LogP contribution in [0.25, 0.3) is 0 Å². The predicted octanol–water partition coefficient (Wildman–Crippen LogP) is 3.54. The Hall–Kier alpha value is -2.39. The molecular weight excluding hydrogens is 368 g/mol. The SMILES string of the molecule is O=C(NCC#CCOc1ccc(F)cc1F)c1ccc(Br)cc1. The Morgan fingerprint density at radius 2 is 1.87 bits per heavy atom. The van der Waals surface area contributed by atoms with E-state index in [2.05, 4.69) is 33.1 Å². The van der Waals surface area contributed by atoms with E-state index >= 15 is 0 Å². The van der Waals surface area contributed by atoms with E-state index in [4.69, 9.17) is 4.74 Å². The Morgan fingerprint density at radius 3 is 2.57 bits per heavy atom. The number of benzene rings is 2. The first-order chi connectivity index (χ1) is 11.1. The molecule has 6 heteroatoms. The van der Waals surface area contributed by atoms with Crippen molar-refractivity contribution < 1.29 is 18.3 Å². The Morgan fingerprint density at radius 1 is 1.13 bits per heavy atom. The zero-order valence-corrected chi connectivity index (χ0v) is 13.5. The average Bonchev–Trinajstić information content (AvgIpc) is 2.53. The molecule has 0 atom stereocenters. The van der Waals surface area contributed by atoms with Crippen molar-refractivity contribution in [3.63, 3.8) is 0 Å². The third-order valence-electron chi connectivity index (χ3n) is 2.76. The number of halogens is 3. The summed E-state index contributed by atoms with van der Waals surface area (Å²) >= 11 is 3.29. The highest BCUT2D eigenvalue weighted by Crippen LogP contribution is 2.17. The molecule has 0 aliphatic rings. The number of carbonyl (C=O) groups excluding carboxylic acids is 1. The van der Waals surface area contributed by atoms with Crippen molar-refractivity contribution in [1.82, 2.24) is 5.32 Å². The number of nitrogens with one attached hydrogen (secondary N) is 1. The molecule has 0 spiro atoms. The molecule has 0 saturated carbocycles. The predicted molar refractivity (Wildman–Crippen MR) is 86.1 cm³/mol. The minimum Gasteiger partial charge on any atom is -0.478 e. The molecule has 1 amide bonds. The molecular formula is C17H12BrF2NO2. The van der Waals surface area contributed by atoms with Crippen LogP contribution in [0.5, 0.6) is 5.75 Å². The molecule has 0 bridgehead atoms. The van der Waals surface area contributed by atoms with Crippen molar-refractivity contribution >= 4 is 21.8 Å². The summed E-state index contributed by atoms with van der Waals surface area (Å²) in [6.45, 7) is 0.0842. The molecule has 0 fully saturated rings. The van der Waals surface area contributed by atoms with Crippen molar-refractivity contribution in [3.05, 3.63) is 64.1 Å². The molecule has 0 heterocycles. The first-order valence-corrected chi connectivity index (χ1v) is 7.43. The number of carbonyl (C=O) groups is 1. The zero-order valence-electron chi connectivity index (χ0n) is 11.9. The van der Waals surface area contributed by atoms with Crippen molar-refractivity contribution in [3.8, 4) is 17.6 Å².